The summed E-state index contributed by atoms with van der Waals surface area (Å²) in [6, 6.07) is 0.581. The molecular formula is C16H30N4O. The van der Waals surface area contributed by atoms with Gasteiger partial charge in [0.1, 0.15) is 0 Å². The Kier molecular flexibility index (Phi) is 6.51. The van der Waals surface area contributed by atoms with Crippen molar-refractivity contribution in [3.05, 3.63) is 11.9 Å². The Bertz CT molecular complexity index is 418. The molecule has 2 heterocycles. The molecule has 1 aliphatic rings. The molecule has 1 saturated heterocycles. The molecule has 1 unspecified atom stereocenters. The van der Waals surface area contributed by atoms with E-state index < -0.39 is 0 Å². The van der Waals surface area contributed by atoms with Gasteiger partial charge in [-0.05, 0) is 39.7 Å². The lowest BCUT2D eigenvalue weighted by atomic mass is 10.1. The Morgan fingerprint density at radius 3 is 3.00 bits per heavy atom. The lowest BCUT2D eigenvalue weighted by Gasteiger charge is -2.33. The highest BCUT2D eigenvalue weighted by Gasteiger charge is 2.22. The number of ether oxygens (including phenoxy) is 1. The number of hydrogen-bond acceptors (Lipinski definition) is 4. The van der Waals surface area contributed by atoms with Crippen LogP contribution in [-0.2, 0) is 17.7 Å². The van der Waals surface area contributed by atoms with Crippen molar-refractivity contribution in [3.63, 3.8) is 0 Å². The molecule has 0 amide bonds. The number of nitrogens with zero attached hydrogens (tertiary/aromatic N) is 3. The molecule has 0 bridgehead atoms. The normalized spacial score (nSPS) is 19.2. The molecular weight excluding hydrogens is 264 g/mol. The first-order valence-corrected chi connectivity index (χ1v) is 8.34. The van der Waals surface area contributed by atoms with Crippen LogP contribution in [0.4, 0.5) is 5.95 Å². The van der Waals surface area contributed by atoms with Crippen LogP contribution in [0.15, 0.2) is 6.20 Å². The van der Waals surface area contributed by atoms with E-state index in [1.54, 1.807) is 0 Å². The molecule has 21 heavy (non-hydrogen) atoms. The molecule has 1 aromatic heterocycles. The van der Waals surface area contributed by atoms with Crippen LogP contribution >= 0.6 is 0 Å². The third-order valence-corrected chi connectivity index (χ3v) is 4.17. The Morgan fingerprint density at radius 1 is 1.43 bits per heavy atom. The molecule has 0 saturated carbocycles. The Balaban J connectivity index is 2.03. The lowest BCUT2D eigenvalue weighted by Crippen LogP contribution is -2.45. The van der Waals surface area contributed by atoms with Crippen molar-refractivity contribution < 1.29 is 4.74 Å². The highest BCUT2D eigenvalue weighted by atomic mass is 16.5. The molecule has 5 nitrogen and oxygen atoms in total. The van der Waals surface area contributed by atoms with Gasteiger partial charge in [0.05, 0.1) is 5.69 Å². The fourth-order valence-corrected chi connectivity index (χ4v) is 2.92. The first-order chi connectivity index (χ1) is 10.3. The lowest BCUT2D eigenvalue weighted by molar-refractivity contribution is 0.141. The fourth-order valence-electron chi connectivity index (χ4n) is 2.92. The average Bonchev–Trinajstić information content (AvgIpc) is 2.95. The predicted octanol–water partition coefficient (Wildman–Crippen LogP) is 2.06. The van der Waals surface area contributed by atoms with E-state index in [1.165, 1.54) is 18.5 Å². The monoisotopic (exact) mass is 294 g/mol. The number of aromatic nitrogens is 2. The number of piperidine rings is 1. The average molecular weight is 294 g/mol. The largest absolute Gasteiger partial charge is 0.382 e. The summed E-state index contributed by atoms with van der Waals surface area (Å²) in [5.74, 6) is 1.14. The summed E-state index contributed by atoms with van der Waals surface area (Å²) in [7, 11) is 2.06. The number of rotatable bonds is 8. The minimum Gasteiger partial charge on any atom is -0.382 e. The predicted molar refractivity (Wildman–Crippen MR) is 87.0 cm³/mol. The zero-order valence-electron chi connectivity index (χ0n) is 13.8. The standard InChI is InChI=1S/C16H30N4O/c1-4-14-12-20(10-7-11-21-5-2)16(18-14)19-9-6-8-15(13-19)17-3/h12,15,17H,4-11,13H2,1-3H3. The van der Waals surface area contributed by atoms with E-state index in [0.717, 1.165) is 51.6 Å². The summed E-state index contributed by atoms with van der Waals surface area (Å²) >= 11 is 0. The molecule has 120 valence electrons. The Labute approximate surface area is 128 Å². The summed E-state index contributed by atoms with van der Waals surface area (Å²) in [5, 5.41) is 3.41. The third kappa shape index (κ3) is 4.45. The third-order valence-electron chi connectivity index (χ3n) is 4.17. The van der Waals surface area contributed by atoms with Crippen LogP contribution in [0.1, 0.15) is 38.8 Å². The zero-order chi connectivity index (χ0) is 15.1. The maximum absolute atomic E-state index is 5.45. The van der Waals surface area contributed by atoms with Gasteiger partial charge in [-0.3, -0.25) is 0 Å². The molecule has 1 N–H and O–H groups in total. The first kappa shape index (κ1) is 16.3. The van der Waals surface area contributed by atoms with Gasteiger partial charge in [-0.15, -0.1) is 0 Å². The van der Waals surface area contributed by atoms with Crippen LogP contribution in [0.2, 0.25) is 0 Å². The summed E-state index contributed by atoms with van der Waals surface area (Å²) in [6.45, 7) is 9.00. The number of anilines is 1. The quantitative estimate of drug-likeness (QED) is 0.745. The second-order valence-corrected chi connectivity index (χ2v) is 5.70. The van der Waals surface area contributed by atoms with Gasteiger partial charge in [0.15, 0.2) is 0 Å². The molecule has 1 atom stereocenters. The molecule has 2 rings (SSSR count). The van der Waals surface area contributed by atoms with Crippen LogP contribution in [0.25, 0.3) is 0 Å². The molecule has 0 spiro atoms. The van der Waals surface area contributed by atoms with Gasteiger partial charge < -0.3 is 19.5 Å². The zero-order valence-corrected chi connectivity index (χ0v) is 13.8. The van der Waals surface area contributed by atoms with E-state index in [9.17, 15) is 0 Å². The molecule has 1 fully saturated rings. The summed E-state index contributed by atoms with van der Waals surface area (Å²) in [5.41, 5.74) is 1.19. The van der Waals surface area contributed by atoms with Crippen molar-refractivity contribution in [3.8, 4) is 0 Å². The van der Waals surface area contributed by atoms with Gasteiger partial charge >= 0.3 is 0 Å². The number of nitrogens with one attached hydrogen (secondary N) is 1. The topological polar surface area (TPSA) is 42.3 Å². The minimum absolute atomic E-state index is 0.581. The highest BCUT2D eigenvalue weighted by molar-refractivity contribution is 5.35. The molecule has 0 radical (unpaired) electrons. The van der Waals surface area contributed by atoms with E-state index >= 15 is 0 Å². The van der Waals surface area contributed by atoms with Gasteiger partial charge in [-0.2, -0.15) is 0 Å². The van der Waals surface area contributed by atoms with E-state index in [2.05, 4.69) is 35.0 Å². The van der Waals surface area contributed by atoms with E-state index in [0.29, 0.717) is 6.04 Å². The maximum atomic E-state index is 5.45. The van der Waals surface area contributed by atoms with Crippen LogP contribution in [0, 0.1) is 0 Å². The molecule has 0 aromatic carbocycles. The van der Waals surface area contributed by atoms with Crippen LogP contribution in [-0.4, -0.2) is 48.9 Å². The van der Waals surface area contributed by atoms with Crippen LogP contribution < -0.4 is 10.2 Å². The van der Waals surface area contributed by atoms with E-state index in [1.807, 2.05) is 6.92 Å². The maximum Gasteiger partial charge on any atom is 0.205 e. The highest BCUT2D eigenvalue weighted by Crippen LogP contribution is 2.20. The second kappa shape index (κ2) is 8.39. The summed E-state index contributed by atoms with van der Waals surface area (Å²) in [4.78, 5) is 7.28. The van der Waals surface area contributed by atoms with Gasteiger partial charge in [-0.25, -0.2) is 4.98 Å². The van der Waals surface area contributed by atoms with Crippen molar-refractivity contribution >= 4 is 5.95 Å². The van der Waals surface area contributed by atoms with Crippen molar-refractivity contribution in [1.29, 1.82) is 0 Å². The number of aryl methyl sites for hydroxylation is 2. The van der Waals surface area contributed by atoms with Crippen molar-refractivity contribution in [1.82, 2.24) is 14.9 Å². The number of hydrogen-bond donors (Lipinski definition) is 1. The molecule has 1 aliphatic heterocycles. The van der Waals surface area contributed by atoms with Crippen molar-refractivity contribution in [2.24, 2.45) is 0 Å². The molecule has 5 heteroatoms. The van der Waals surface area contributed by atoms with E-state index in [-0.39, 0.29) is 0 Å². The minimum atomic E-state index is 0.581. The van der Waals surface area contributed by atoms with Crippen molar-refractivity contribution in [2.75, 3.05) is 38.3 Å². The van der Waals surface area contributed by atoms with E-state index in [4.69, 9.17) is 9.72 Å². The Morgan fingerprint density at radius 2 is 2.29 bits per heavy atom. The first-order valence-electron chi connectivity index (χ1n) is 8.34. The summed E-state index contributed by atoms with van der Waals surface area (Å²) in [6.07, 6.45) is 6.75. The molecule has 1 aromatic rings. The van der Waals surface area contributed by atoms with Gasteiger partial charge in [0, 0.05) is 45.1 Å². The number of imidazole rings is 1. The summed E-state index contributed by atoms with van der Waals surface area (Å²) < 4.78 is 7.77. The fraction of sp³-hybridized carbons (Fsp3) is 0.812. The second-order valence-electron chi connectivity index (χ2n) is 5.70. The smallest absolute Gasteiger partial charge is 0.205 e. The number of likely N-dealkylation sites (N-methyl/N-ethyl adjacent to an activating group) is 1. The van der Waals surface area contributed by atoms with Gasteiger partial charge in [0.25, 0.3) is 0 Å². The van der Waals surface area contributed by atoms with Crippen LogP contribution in [0.3, 0.4) is 0 Å². The SMILES string of the molecule is CCOCCCn1cc(CC)nc1N1CCCC(NC)C1. The van der Waals surface area contributed by atoms with Gasteiger partial charge in [-0.1, -0.05) is 6.92 Å². The Hall–Kier alpha value is -1.07. The van der Waals surface area contributed by atoms with Crippen LogP contribution in [0.5, 0.6) is 0 Å². The molecule has 0 aliphatic carbocycles. The van der Waals surface area contributed by atoms with Crippen molar-refractivity contribution in [2.45, 2.75) is 52.1 Å². The van der Waals surface area contributed by atoms with Gasteiger partial charge in [0.2, 0.25) is 5.95 Å².